The first-order valence-corrected chi connectivity index (χ1v) is 10.4. The van der Waals surface area contributed by atoms with Gasteiger partial charge in [-0.05, 0) is 42.5 Å². The van der Waals surface area contributed by atoms with Gasteiger partial charge in [-0.2, -0.15) is 4.31 Å². The maximum atomic E-state index is 12.6. The number of hydrogen-bond acceptors (Lipinski definition) is 6. The molecule has 1 aliphatic rings. The highest BCUT2D eigenvalue weighted by atomic mass is 35.5. The first kappa shape index (κ1) is 20.6. The van der Waals surface area contributed by atoms with Gasteiger partial charge in [0.25, 0.3) is 0 Å². The number of benzene rings is 2. The van der Waals surface area contributed by atoms with Gasteiger partial charge >= 0.3 is 5.97 Å². The molecular weight excluding hydrogens is 406 g/mol. The second-order valence-electron chi connectivity index (χ2n) is 6.07. The van der Waals surface area contributed by atoms with Crippen LogP contribution < -0.4 is 4.74 Å². The van der Waals surface area contributed by atoms with Crippen molar-refractivity contribution in [3.8, 4) is 5.75 Å². The zero-order valence-electron chi connectivity index (χ0n) is 15.3. The lowest BCUT2D eigenvalue weighted by atomic mass is 10.2. The largest absolute Gasteiger partial charge is 0.496 e. The Morgan fingerprint density at radius 3 is 2.46 bits per heavy atom. The zero-order valence-corrected chi connectivity index (χ0v) is 16.8. The first-order chi connectivity index (χ1) is 13.4. The second-order valence-corrected chi connectivity index (χ2v) is 8.45. The number of methoxy groups -OCH3 is 1. The van der Waals surface area contributed by atoms with E-state index in [0.717, 1.165) is 0 Å². The maximum absolute atomic E-state index is 12.6. The predicted molar refractivity (Wildman–Crippen MR) is 103 cm³/mol. The Labute approximate surface area is 168 Å². The van der Waals surface area contributed by atoms with Crippen LogP contribution in [0.5, 0.6) is 5.75 Å². The Hall–Kier alpha value is -2.13. The topological polar surface area (TPSA) is 82.1 Å². The molecule has 1 fully saturated rings. The molecule has 0 amide bonds. The van der Waals surface area contributed by atoms with Crippen molar-refractivity contribution in [1.29, 1.82) is 0 Å². The number of ether oxygens (including phenoxy) is 3. The molecule has 1 heterocycles. The molecule has 9 heteroatoms. The van der Waals surface area contributed by atoms with Crippen LogP contribution in [-0.2, 0) is 26.1 Å². The Bertz CT molecular complexity index is 939. The minimum atomic E-state index is -3.60. The van der Waals surface area contributed by atoms with E-state index in [1.807, 2.05) is 0 Å². The fourth-order valence-electron chi connectivity index (χ4n) is 2.79. The minimum Gasteiger partial charge on any atom is -0.496 e. The highest BCUT2D eigenvalue weighted by Crippen LogP contribution is 2.24. The number of carbonyl (C=O) groups is 1. The number of morpholine rings is 1. The van der Waals surface area contributed by atoms with Gasteiger partial charge in [0.15, 0.2) is 0 Å². The van der Waals surface area contributed by atoms with E-state index < -0.39 is 16.0 Å². The maximum Gasteiger partial charge on any atom is 0.338 e. The van der Waals surface area contributed by atoms with Gasteiger partial charge in [-0.1, -0.05) is 11.6 Å². The van der Waals surface area contributed by atoms with Crippen molar-refractivity contribution in [2.45, 2.75) is 11.5 Å². The van der Waals surface area contributed by atoms with Crippen molar-refractivity contribution in [3.63, 3.8) is 0 Å². The summed E-state index contributed by atoms with van der Waals surface area (Å²) in [5.74, 6) is -0.0125. The fourth-order valence-corrected chi connectivity index (χ4v) is 4.39. The third kappa shape index (κ3) is 4.64. The van der Waals surface area contributed by atoms with Crippen molar-refractivity contribution >= 4 is 27.6 Å². The quantitative estimate of drug-likeness (QED) is 0.662. The molecule has 0 aromatic heterocycles. The van der Waals surface area contributed by atoms with Crippen LogP contribution in [0.2, 0.25) is 5.02 Å². The minimum absolute atomic E-state index is 0.0175. The first-order valence-electron chi connectivity index (χ1n) is 8.59. The Balaban J connectivity index is 1.68. The van der Waals surface area contributed by atoms with E-state index in [0.29, 0.717) is 42.6 Å². The third-order valence-corrected chi connectivity index (χ3v) is 6.45. The lowest BCUT2D eigenvalue weighted by Crippen LogP contribution is -2.40. The number of carbonyl (C=O) groups excluding carboxylic acids is 1. The number of sulfonamides is 1. The summed E-state index contributed by atoms with van der Waals surface area (Å²) < 4.78 is 42.3. The average molecular weight is 426 g/mol. The Morgan fingerprint density at radius 2 is 1.82 bits per heavy atom. The molecular formula is C19H20ClNO6S. The summed E-state index contributed by atoms with van der Waals surface area (Å²) in [5.41, 5.74) is 0.886. The van der Waals surface area contributed by atoms with Gasteiger partial charge < -0.3 is 14.2 Å². The predicted octanol–water partition coefficient (Wildman–Crippen LogP) is 2.73. The Morgan fingerprint density at radius 1 is 1.14 bits per heavy atom. The lowest BCUT2D eigenvalue weighted by molar-refractivity contribution is 0.0470. The summed E-state index contributed by atoms with van der Waals surface area (Å²) in [7, 11) is -2.09. The summed E-state index contributed by atoms with van der Waals surface area (Å²) in [6.07, 6.45) is 0. The molecule has 1 aliphatic heterocycles. The van der Waals surface area contributed by atoms with Gasteiger partial charge in [0.1, 0.15) is 12.4 Å². The summed E-state index contributed by atoms with van der Waals surface area (Å²) in [5, 5.41) is 0.504. The molecule has 0 unspecified atom stereocenters. The van der Waals surface area contributed by atoms with Crippen LogP contribution in [-0.4, -0.2) is 52.1 Å². The molecule has 0 atom stereocenters. The SMILES string of the molecule is COc1ccc(Cl)cc1COC(=O)c1ccc(S(=O)(=O)N2CCOCC2)cc1. The van der Waals surface area contributed by atoms with E-state index >= 15 is 0 Å². The van der Waals surface area contributed by atoms with Crippen LogP contribution in [0.25, 0.3) is 0 Å². The Kier molecular flexibility index (Phi) is 6.56. The van der Waals surface area contributed by atoms with Crippen molar-refractivity contribution in [3.05, 3.63) is 58.6 Å². The summed E-state index contributed by atoms with van der Waals surface area (Å²) in [6, 6.07) is 10.7. The summed E-state index contributed by atoms with van der Waals surface area (Å²) in [4.78, 5) is 12.4. The lowest BCUT2D eigenvalue weighted by Gasteiger charge is -2.26. The molecule has 1 saturated heterocycles. The number of hydrogen-bond donors (Lipinski definition) is 0. The molecule has 0 N–H and O–H groups in total. The van der Waals surface area contributed by atoms with Crippen LogP contribution in [0, 0.1) is 0 Å². The van der Waals surface area contributed by atoms with Crippen molar-refractivity contribution < 1.29 is 27.4 Å². The molecule has 0 aliphatic carbocycles. The van der Waals surface area contributed by atoms with Gasteiger partial charge in [0.2, 0.25) is 10.0 Å². The number of rotatable bonds is 6. The molecule has 0 spiro atoms. The smallest absolute Gasteiger partial charge is 0.338 e. The fraction of sp³-hybridized carbons (Fsp3) is 0.316. The molecule has 0 saturated carbocycles. The van der Waals surface area contributed by atoms with Crippen LogP contribution in [0.15, 0.2) is 47.4 Å². The molecule has 2 aromatic rings. The van der Waals surface area contributed by atoms with Crippen LogP contribution in [0.4, 0.5) is 0 Å². The van der Waals surface area contributed by atoms with Crippen LogP contribution >= 0.6 is 11.6 Å². The standard InChI is InChI=1S/C19H20ClNO6S/c1-25-18-7-4-16(20)12-15(18)13-27-19(22)14-2-5-17(6-3-14)28(23,24)21-8-10-26-11-9-21/h2-7,12H,8-11,13H2,1H3. The van der Waals surface area contributed by atoms with E-state index in [9.17, 15) is 13.2 Å². The molecule has 2 aromatic carbocycles. The molecule has 3 rings (SSSR count). The van der Waals surface area contributed by atoms with Gasteiger partial charge in [-0.25, -0.2) is 13.2 Å². The van der Waals surface area contributed by atoms with E-state index in [2.05, 4.69) is 0 Å². The van der Waals surface area contributed by atoms with Gasteiger partial charge in [0, 0.05) is 23.7 Å². The monoisotopic (exact) mass is 425 g/mol. The second kappa shape index (κ2) is 8.91. The number of halogens is 1. The van der Waals surface area contributed by atoms with E-state index in [-0.39, 0.29) is 17.1 Å². The number of esters is 1. The van der Waals surface area contributed by atoms with Crippen molar-refractivity contribution in [2.75, 3.05) is 33.4 Å². The normalized spacial score (nSPS) is 15.2. The number of nitrogens with zero attached hydrogens (tertiary/aromatic N) is 1. The molecule has 0 bridgehead atoms. The highest BCUT2D eigenvalue weighted by Gasteiger charge is 2.26. The van der Waals surface area contributed by atoms with Gasteiger partial charge in [-0.3, -0.25) is 0 Å². The van der Waals surface area contributed by atoms with E-state index in [1.165, 1.54) is 35.7 Å². The van der Waals surface area contributed by atoms with E-state index in [1.54, 1.807) is 18.2 Å². The van der Waals surface area contributed by atoms with Gasteiger partial charge in [-0.15, -0.1) is 0 Å². The van der Waals surface area contributed by atoms with Crippen molar-refractivity contribution in [2.24, 2.45) is 0 Å². The van der Waals surface area contributed by atoms with Crippen molar-refractivity contribution in [1.82, 2.24) is 4.31 Å². The van der Waals surface area contributed by atoms with Crippen LogP contribution in [0.1, 0.15) is 15.9 Å². The molecule has 7 nitrogen and oxygen atoms in total. The summed E-state index contributed by atoms with van der Waals surface area (Å²) >= 11 is 5.97. The molecule has 150 valence electrons. The zero-order chi connectivity index (χ0) is 20.1. The highest BCUT2D eigenvalue weighted by molar-refractivity contribution is 7.89. The van der Waals surface area contributed by atoms with E-state index in [4.69, 9.17) is 25.8 Å². The van der Waals surface area contributed by atoms with Crippen LogP contribution in [0.3, 0.4) is 0 Å². The summed E-state index contributed by atoms with van der Waals surface area (Å²) in [6.45, 7) is 1.35. The third-order valence-electron chi connectivity index (χ3n) is 4.30. The average Bonchev–Trinajstić information content (AvgIpc) is 2.73. The van der Waals surface area contributed by atoms with Gasteiger partial charge in [0.05, 0.1) is 30.8 Å². The molecule has 0 radical (unpaired) electrons. The molecule has 28 heavy (non-hydrogen) atoms.